The van der Waals surface area contributed by atoms with E-state index in [1.807, 2.05) is 18.2 Å². The molecule has 1 saturated carbocycles. The number of amides is 2. The highest BCUT2D eigenvalue weighted by molar-refractivity contribution is 5.89. The van der Waals surface area contributed by atoms with Crippen LogP contribution in [0.4, 0.5) is 10.5 Å². The molecule has 2 N–H and O–H groups in total. The van der Waals surface area contributed by atoms with E-state index < -0.39 is 0 Å². The van der Waals surface area contributed by atoms with Crippen LogP contribution in [-0.2, 0) is 4.74 Å². The van der Waals surface area contributed by atoms with Crippen molar-refractivity contribution >= 4 is 11.7 Å². The van der Waals surface area contributed by atoms with Crippen molar-refractivity contribution in [1.29, 1.82) is 0 Å². The van der Waals surface area contributed by atoms with Crippen molar-refractivity contribution in [3.05, 3.63) is 54.2 Å². The molecule has 1 aromatic carbocycles. The fourth-order valence-electron chi connectivity index (χ4n) is 3.50. The van der Waals surface area contributed by atoms with E-state index in [0.717, 1.165) is 18.4 Å². The van der Waals surface area contributed by atoms with E-state index >= 15 is 0 Å². The fourth-order valence-corrected chi connectivity index (χ4v) is 3.50. The van der Waals surface area contributed by atoms with Gasteiger partial charge in [-0.2, -0.15) is 0 Å². The summed E-state index contributed by atoms with van der Waals surface area (Å²) in [5.74, 6) is 0.985. The van der Waals surface area contributed by atoms with Crippen LogP contribution in [0.25, 0.3) is 0 Å². The maximum absolute atomic E-state index is 12.6. The second kappa shape index (κ2) is 9.92. The molecule has 6 heteroatoms. The molecule has 0 saturated heterocycles. The van der Waals surface area contributed by atoms with Crippen molar-refractivity contribution in [2.75, 3.05) is 25.6 Å². The molecule has 1 atom stereocenters. The van der Waals surface area contributed by atoms with Gasteiger partial charge >= 0.3 is 6.03 Å². The Labute approximate surface area is 160 Å². The van der Waals surface area contributed by atoms with Gasteiger partial charge in [0.25, 0.3) is 0 Å². The predicted octanol–water partition coefficient (Wildman–Crippen LogP) is 4.16. The zero-order valence-electron chi connectivity index (χ0n) is 15.7. The lowest BCUT2D eigenvalue weighted by molar-refractivity contribution is 0.144. The van der Waals surface area contributed by atoms with Crippen LogP contribution in [0.5, 0.6) is 5.88 Å². The fraction of sp³-hybridized carbons (Fsp3) is 0.429. The number of hydrogen-bond acceptors (Lipinski definition) is 4. The molecular weight excluding hydrogens is 342 g/mol. The maximum Gasteiger partial charge on any atom is 0.319 e. The highest BCUT2D eigenvalue weighted by Crippen LogP contribution is 2.35. The van der Waals surface area contributed by atoms with Crippen molar-refractivity contribution in [2.45, 2.75) is 31.7 Å². The van der Waals surface area contributed by atoms with Crippen LogP contribution in [0.3, 0.4) is 0 Å². The second-order valence-electron chi connectivity index (χ2n) is 6.76. The quantitative estimate of drug-likeness (QED) is 0.685. The Morgan fingerprint density at radius 3 is 2.59 bits per heavy atom. The molecular formula is C21H27N3O3. The van der Waals surface area contributed by atoms with Crippen molar-refractivity contribution in [1.82, 2.24) is 10.3 Å². The lowest BCUT2D eigenvalue weighted by Gasteiger charge is -2.25. The number of pyridine rings is 1. The minimum atomic E-state index is -0.217. The summed E-state index contributed by atoms with van der Waals surface area (Å²) in [6.07, 6.45) is 6.34. The lowest BCUT2D eigenvalue weighted by Crippen LogP contribution is -2.35. The number of urea groups is 1. The first-order valence-electron chi connectivity index (χ1n) is 9.46. The summed E-state index contributed by atoms with van der Waals surface area (Å²) in [7, 11) is 1.62. The highest BCUT2D eigenvalue weighted by atomic mass is 16.5. The van der Waals surface area contributed by atoms with E-state index in [2.05, 4.69) is 27.8 Å². The standard InChI is InChI=1S/C21H27N3O3/c1-26-13-14-27-19-12-11-18(15-22-19)23-21(25)24-20(17-9-5-6-10-17)16-7-3-2-4-8-16/h2-4,7-8,11-12,15,17,20H,5-6,9-10,13-14H2,1H3,(H2,23,24,25). The maximum atomic E-state index is 12.6. The van der Waals surface area contributed by atoms with Gasteiger partial charge in [0.2, 0.25) is 5.88 Å². The molecule has 2 amide bonds. The molecule has 0 radical (unpaired) electrons. The monoisotopic (exact) mass is 369 g/mol. The van der Waals surface area contributed by atoms with E-state index in [4.69, 9.17) is 9.47 Å². The Bertz CT molecular complexity index is 700. The van der Waals surface area contributed by atoms with Gasteiger partial charge in [-0.25, -0.2) is 9.78 Å². The molecule has 3 rings (SSSR count). The van der Waals surface area contributed by atoms with Gasteiger partial charge in [0.05, 0.1) is 24.5 Å². The molecule has 1 heterocycles. The Morgan fingerprint density at radius 2 is 1.93 bits per heavy atom. The average Bonchev–Trinajstić information content (AvgIpc) is 3.23. The zero-order valence-corrected chi connectivity index (χ0v) is 15.7. The minimum absolute atomic E-state index is 0.0262. The first-order valence-corrected chi connectivity index (χ1v) is 9.46. The van der Waals surface area contributed by atoms with Crippen LogP contribution in [-0.4, -0.2) is 31.3 Å². The summed E-state index contributed by atoms with van der Waals surface area (Å²) < 4.78 is 10.4. The first-order chi connectivity index (χ1) is 13.3. The smallest absolute Gasteiger partial charge is 0.319 e. The van der Waals surface area contributed by atoms with Crippen LogP contribution < -0.4 is 15.4 Å². The summed E-state index contributed by atoms with van der Waals surface area (Å²) >= 11 is 0. The summed E-state index contributed by atoms with van der Waals surface area (Å²) in [4.78, 5) is 16.7. The van der Waals surface area contributed by atoms with Crippen molar-refractivity contribution in [3.8, 4) is 5.88 Å². The number of ether oxygens (including phenoxy) is 2. The van der Waals surface area contributed by atoms with Crippen molar-refractivity contribution < 1.29 is 14.3 Å². The van der Waals surface area contributed by atoms with Crippen LogP contribution in [0.1, 0.15) is 37.3 Å². The first kappa shape index (κ1) is 19.2. The summed E-state index contributed by atoms with van der Waals surface area (Å²) in [5.41, 5.74) is 1.78. The van der Waals surface area contributed by atoms with Gasteiger partial charge in [-0.3, -0.25) is 0 Å². The number of nitrogens with one attached hydrogen (secondary N) is 2. The number of aromatic nitrogens is 1. The molecule has 1 aromatic heterocycles. The molecule has 1 fully saturated rings. The second-order valence-corrected chi connectivity index (χ2v) is 6.76. The molecule has 144 valence electrons. The van der Waals surface area contributed by atoms with Gasteiger partial charge in [0.15, 0.2) is 0 Å². The molecule has 2 aromatic rings. The predicted molar refractivity (Wildman–Crippen MR) is 105 cm³/mol. The number of methoxy groups -OCH3 is 1. The molecule has 0 bridgehead atoms. The number of hydrogen-bond donors (Lipinski definition) is 2. The molecule has 1 aliphatic rings. The van der Waals surface area contributed by atoms with E-state index in [1.54, 1.807) is 25.4 Å². The van der Waals surface area contributed by atoms with Gasteiger partial charge in [-0.1, -0.05) is 43.2 Å². The molecule has 1 unspecified atom stereocenters. The molecule has 6 nitrogen and oxygen atoms in total. The lowest BCUT2D eigenvalue weighted by atomic mass is 9.92. The largest absolute Gasteiger partial charge is 0.475 e. The topological polar surface area (TPSA) is 72.5 Å². The van der Waals surface area contributed by atoms with Gasteiger partial charge < -0.3 is 20.1 Å². The molecule has 27 heavy (non-hydrogen) atoms. The minimum Gasteiger partial charge on any atom is -0.475 e. The third-order valence-electron chi connectivity index (χ3n) is 4.85. The number of rotatable bonds is 8. The Morgan fingerprint density at radius 1 is 1.15 bits per heavy atom. The van der Waals surface area contributed by atoms with Gasteiger partial charge in [-0.15, -0.1) is 0 Å². The Hall–Kier alpha value is -2.60. The number of anilines is 1. The van der Waals surface area contributed by atoms with Crippen LogP contribution in [0.15, 0.2) is 48.7 Å². The summed E-state index contributed by atoms with van der Waals surface area (Å²) in [6, 6.07) is 13.5. The summed E-state index contributed by atoms with van der Waals surface area (Å²) in [6.45, 7) is 0.947. The van der Waals surface area contributed by atoms with Crippen molar-refractivity contribution in [2.24, 2.45) is 5.92 Å². The summed E-state index contributed by atoms with van der Waals surface area (Å²) in [5, 5.41) is 6.02. The zero-order chi connectivity index (χ0) is 18.9. The molecule has 0 spiro atoms. The van der Waals surface area contributed by atoms with Gasteiger partial charge in [0.1, 0.15) is 6.61 Å². The SMILES string of the molecule is COCCOc1ccc(NC(=O)NC(c2ccccc2)C2CCCC2)cn1. The number of carbonyl (C=O) groups excluding carboxylic acids is 1. The van der Waals surface area contributed by atoms with Gasteiger partial charge in [-0.05, 0) is 30.4 Å². The average molecular weight is 369 g/mol. The molecule has 0 aliphatic heterocycles. The third kappa shape index (κ3) is 5.69. The van der Waals surface area contributed by atoms with E-state index in [1.165, 1.54) is 12.8 Å². The molecule has 1 aliphatic carbocycles. The van der Waals surface area contributed by atoms with Gasteiger partial charge in [0, 0.05) is 13.2 Å². The number of carbonyl (C=O) groups is 1. The van der Waals surface area contributed by atoms with E-state index in [0.29, 0.717) is 30.7 Å². The Balaban J connectivity index is 1.59. The third-order valence-corrected chi connectivity index (χ3v) is 4.85. The number of nitrogens with zero attached hydrogens (tertiary/aromatic N) is 1. The van der Waals surface area contributed by atoms with E-state index in [9.17, 15) is 4.79 Å². The Kier molecular flexibility index (Phi) is 7.04. The van der Waals surface area contributed by atoms with Crippen molar-refractivity contribution in [3.63, 3.8) is 0 Å². The van der Waals surface area contributed by atoms with Crippen LogP contribution in [0, 0.1) is 5.92 Å². The van der Waals surface area contributed by atoms with Crippen LogP contribution in [0.2, 0.25) is 0 Å². The van der Waals surface area contributed by atoms with E-state index in [-0.39, 0.29) is 12.1 Å². The van der Waals surface area contributed by atoms with Crippen LogP contribution >= 0.6 is 0 Å². The number of benzene rings is 1. The highest BCUT2D eigenvalue weighted by Gasteiger charge is 2.27. The normalized spacial score (nSPS) is 15.3.